The Hall–Kier alpha value is -1.84. The molecule has 0 radical (unpaired) electrons. The summed E-state index contributed by atoms with van der Waals surface area (Å²) in [6.07, 6.45) is 2.29. The second-order valence-electron chi connectivity index (χ2n) is 8.45. The van der Waals surface area contributed by atoms with E-state index in [1.807, 2.05) is 23.1 Å². The van der Waals surface area contributed by atoms with Crippen LogP contribution < -0.4 is 9.64 Å². The van der Waals surface area contributed by atoms with Gasteiger partial charge in [0, 0.05) is 37.5 Å². The van der Waals surface area contributed by atoms with Crippen LogP contribution in [-0.4, -0.2) is 68.0 Å². The number of fused-ring (bicyclic) bond motifs is 1. The number of amides is 1. The number of rotatable bonds is 11. The number of aromatic nitrogens is 1. The number of methoxy groups -OCH3 is 1. The Morgan fingerprint density at radius 2 is 1.94 bits per heavy atom. The predicted molar refractivity (Wildman–Crippen MR) is 149 cm³/mol. The van der Waals surface area contributed by atoms with Crippen molar-refractivity contribution in [3.8, 4) is 5.75 Å². The lowest BCUT2D eigenvalue weighted by molar-refractivity contribution is -0.118. The van der Waals surface area contributed by atoms with Crippen molar-refractivity contribution in [3.63, 3.8) is 0 Å². The van der Waals surface area contributed by atoms with Gasteiger partial charge >= 0.3 is 0 Å². The minimum Gasteiger partial charge on any atom is -0.497 e. The van der Waals surface area contributed by atoms with Crippen LogP contribution >= 0.6 is 35.5 Å². The van der Waals surface area contributed by atoms with Gasteiger partial charge in [-0.05, 0) is 67.5 Å². The molecule has 190 valence electrons. The summed E-state index contributed by atoms with van der Waals surface area (Å²) in [6, 6.07) is 14.3. The Morgan fingerprint density at radius 3 is 2.69 bits per heavy atom. The summed E-state index contributed by atoms with van der Waals surface area (Å²) in [5, 5.41) is 0.815. The minimum absolute atomic E-state index is 0. The van der Waals surface area contributed by atoms with Crippen LogP contribution in [0.3, 0.4) is 0 Å². The molecule has 1 saturated heterocycles. The van der Waals surface area contributed by atoms with Gasteiger partial charge in [-0.1, -0.05) is 17.4 Å². The molecule has 0 N–H and O–H groups in total. The Bertz CT molecular complexity index is 1070. The molecule has 0 saturated carbocycles. The van der Waals surface area contributed by atoms with E-state index in [4.69, 9.17) is 14.5 Å². The van der Waals surface area contributed by atoms with E-state index in [0.29, 0.717) is 13.0 Å². The van der Waals surface area contributed by atoms with Crippen LogP contribution in [0.15, 0.2) is 47.4 Å². The summed E-state index contributed by atoms with van der Waals surface area (Å²) >= 11 is 3.39. The molecule has 0 unspecified atom stereocenters. The summed E-state index contributed by atoms with van der Waals surface area (Å²) in [6.45, 7) is 7.29. The lowest BCUT2D eigenvalue weighted by Crippen LogP contribution is -2.39. The quantitative estimate of drug-likeness (QED) is 0.233. The van der Waals surface area contributed by atoms with Gasteiger partial charge in [-0.15, -0.1) is 24.2 Å². The molecule has 0 spiro atoms. The van der Waals surface area contributed by atoms with Crippen LogP contribution in [0.4, 0.5) is 5.13 Å². The van der Waals surface area contributed by atoms with Crippen LogP contribution in [0.1, 0.15) is 24.8 Å². The van der Waals surface area contributed by atoms with Crippen molar-refractivity contribution in [2.45, 2.75) is 31.1 Å². The molecule has 1 aromatic heterocycles. The minimum atomic E-state index is 0. The lowest BCUT2D eigenvalue weighted by Gasteiger charge is -2.27. The normalized spacial score (nSPS) is 14.0. The van der Waals surface area contributed by atoms with Crippen molar-refractivity contribution >= 4 is 56.8 Å². The maximum Gasteiger partial charge on any atom is 0.228 e. The van der Waals surface area contributed by atoms with E-state index in [-0.39, 0.29) is 18.3 Å². The summed E-state index contributed by atoms with van der Waals surface area (Å²) in [4.78, 5) is 23.6. The van der Waals surface area contributed by atoms with Gasteiger partial charge in [-0.25, -0.2) is 4.98 Å². The number of halogens is 1. The maximum atomic E-state index is 13.3. The van der Waals surface area contributed by atoms with E-state index in [0.717, 1.165) is 72.5 Å². The van der Waals surface area contributed by atoms with Gasteiger partial charge in [-0.3, -0.25) is 14.6 Å². The number of anilines is 1. The Kier molecular flexibility index (Phi) is 11.1. The molecule has 9 heteroatoms. The number of hydrogen-bond donors (Lipinski definition) is 0. The van der Waals surface area contributed by atoms with Gasteiger partial charge in [0.05, 0.1) is 30.5 Å². The first-order chi connectivity index (χ1) is 16.6. The highest BCUT2D eigenvalue weighted by atomic mass is 35.5. The lowest BCUT2D eigenvalue weighted by atomic mass is 10.2. The van der Waals surface area contributed by atoms with Crippen molar-refractivity contribution in [1.82, 2.24) is 9.88 Å². The third kappa shape index (κ3) is 8.08. The number of aryl methyl sites for hydroxylation is 1. The van der Waals surface area contributed by atoms with Crippen molar-refractivity contribution < 1.29 is 14.3 Å². The van der Waals surface area contributed by atoms with E-state index in [1.54, 1.807) is 30.2 Å². The number of nitrogens with zero attached hydrogens (tertiary/aromatic N) is 3. The average molecular weight is 536 g/mol. The van der Waals surface area contributed by atoms with Crippen molar-refractivity contribution in [1.29, 1.82) is 0 Å². The van der Waals surface area contributed by atoms with Gasteiger partial charge in [0.15, 0.2) is 5.13 Å². The fourth-order valence-electron chi connectivity index (χ4n) is 3.96. The zero-order chi connectivity index (χ0) is 23.8. The standard InChI is InChI=1S/C26H33N3O3S2.ClH/c1-20-6-11-23-24(19-20)34-26(27-23)29(13-4-12-28-14-16-32-17-15-28)25(30)5-3-18-33-22-9-7-21(31-2)8-10-22;/h6-11,19H,3-5,12-18H2,1-2H3;1H. The molecule has 0 bridgehead atoms. The third-order valence-electron chi connectivity index (χ3n) is 5.89. The van der Waals surface area contributed by atoms with Crippen molar-refractivity contribution in [2.24, 2.45) is 0 Å². The highest BCUT2D eigenvalue weighted by Crippen LogP contribution is 2.30. The van der Waals surface area contributed by atoms with E-state index < -0.39 is 0 Å². The zero-order valence-corrected chi connectivity index (χ0v) is 22.9. The number of benzene rings is 2. The highest BCUT2D eigenvalue weighted by molar-refractivity contribution is 7.99. The maximum absolute atomic E-state index is 13.3. The van der Waals surface area contributed by atoms with E-state index in [1.165, 1.54) is 10.5 Å². The molecule has 1 aliphatic rings. The molecule has 35 heavy (non-hydrogen) atoms. The van der Waals surface area contributed by atoms with Gasteiger partial charge in [0.2, 0.25) is 5.91 Å². The molecule has 0 aliphatic carbocycles. The Balaban J connectivity index is 0.00000342. The van der Waals surface area contributed by atoms with Crippen molar-refractivity contribution in [2.75, 3.05) is 57.2 Å². The summed E-state index contributed by atoms with van der Waals surface area (Å²) < 4.78 is 11.8. The van der Waals surface area contributed by atoms with Gasteiger partial charge in [0.1, 0.15) is 5.75 Å². The van der Waals surface area contributed by atoms with E-state index >= 15 is 0 Å². The molecule has 3 aromatic rings. The highest BCUT2D eigenvalue weighted by Gasteiger charge is 2.20. The second-order valence-corrected chi connectivity index (χ2v) is 10.6. The average Bonchev–Trinajstić information content (AvgIpc) is 3.28. The fraction of sp³-hybridized carbons (Fsp3) is 0.462. The fourth-order valence-corrected chi connectivity index (χ4v) is 5.92. The third-order valence-corrected chi connectivity index (χ3v) is 8.03. The molecular formula is C26H34ClN3O3S2. The van der Waals surface area contributed by atoms with Gasteiger partial charge in [0.25, 0.3) is 0 Å². The molecule has 0 atom stereocenters. The first kappa shape index (κ1) is 27.7. The number of morpholine rings is 1. The summed E-state index contributed by atoms with van der Waals surface area (Å²) in [7, 11) is 1.67. The molecule has 2 aromatic carbocycles. The van der Waals surface area contributed by atoms with Crippen LogP contribution in [0.2, 0.25) is 0 Å². The predicted octanol–water partition coefficient (Wildman–Crippen LogP) is 5.66. The second kappa shape index (κ2) is 14.0. The molecule has 2 heterocycles. The Labute approximate surface area is 222 Å². The van der Waals surface area contributed by atoms with Crippen molar-refractivity contribution in [3.05, 3.63) is 48.0 Å². The molecule has 4 rings (SSSR count). The Morgan fingerprint density at radius 1 is 1.17 bits per heavy atom. The first-order valence-corrected chi connectivity index (χ1v) is 13.7. The molecular weight excluding hydrogens is 502 g/mol. The molecule has 1 amide bonds. The van der Waals surface area contributed by atoms with E-state index in [9.17, 15) is 4.79 Å². The SMILES string of the molecule is COc1ccc(SCCCC(=O)N(CCCN2CCOCC2)c2nc3ccc(C)cc3s2)cc1.Cl. The van der Waals surface area contributed by atoms with E-state index in [2.05, 4.69) is 36.1 Å². The summed E-state index contributed by atoms with van der Waals surface area (Å²) in [5.74, 6) is 1.92. The van der Waals surface area contributed by atoms with Crippen LogP contribution in [0, 0.1) is 6.92 Å². The van der Waals surface area contributed by atoms with Crippen LogP contribution in [0.5, 0.6) is 5.75 Å². The number of thioether (sulfide) groups is 1. The number of ether oxygens (including phenoxy) is 2. The number of carbonyl (C=O) groups is 1. The first-order valence-electron chi connectivity index (χ1n) is 11.9. The van der Waals surface area contributed by atoms with Gasteiger partial charge < -0.3 is 9.47 Å². The molecule has 6 nitrogen and oxygen atoms in total. The number of thiazole rings is 1. The monoisotopic (exact) mass is 535 g/mol. The van der Waals surface area contributed by atoms with Gasteiger partial charge in [-0.2, -0.15) is 0 Å². The number of hydrogen-bond acceptors (Lipinski definition) is 7. The van der Waals surface area contributed by atoms with Crippen LogP contribution in [-0.2, 0) is 9.53 Å². The largest absolute Gasteiger partial charge is 0.497 e. The smallest absolute Gasteiger partial charge is 0.228 e. The zero-order valence-electron chi connectivity index (χ0n) is 20.4. The summed E-state index contributed by atoms with van der Waals surface area (Å²) in [5.41, 5.74) is 2.18. The molecule has 1 aliphatic heterocycles. The molecule has 1 fully saturated rings. The number of carbonyl (C=O) groups excluding carboxylic acids is 1. The topological polar surface area (TPSA) is 54.9 Å². The van der Waals surface area contributed by atoms with Crippen LogP contribution in [0.25, 0.3) is 10.2 Å².